The summed E-state index contributed by atoms with van der Waals surface area (Å²) in [6.45, 7) is 6.17. The zero-order chi connectivity index (χ0) is 20.5. The van der Waals surface area contributed by atoms with Crippen LogP contribution in [0.25, 0.3) is 17.0 Å². The first-order chi connectivity index (χ1) is 14.0. The van der Waals surface area contributed by atoms with Gasteiger partial charge in [-0.3, -0.25) is 9.69 Å². The average molecular weight is 422 g/mol. The average Bonchev–Trinajstić information content (AvgIpc) is 3.20. The highest BCUT2D eigenvalue weighted by Gasteiger charge is 2.33. The number of para-hydroxylation sites is 1. The molecule has 6 heteroatoms. The maximum Gasteiger partial charge on any atom is 0.270 e. The first-order valence-electron chi connectivity index (χ1n) is 9.70. The molecular formula is C23H23N3OS2. The summed E-state index contributed by atoms with van der Waals surface area (Å²) in [6.07, 6.45) is 4.00. The zero-order valence-corrected chi connectivity index (χ0v) is 18.4. The largest absolute Gasteiger partial charge is 0.372 e. The predicted molar refractivity (Wildman–Crippen MR) is 129 cm³/mol. The fourth-order valence-corrected chi connectivity index (χ4v) is 5.01. The SMILES string of the molecule is CCN(CC)c1ccc(N2C(=O)/C(=C/c3cn(C)c4ccccc34)SC2=S)cc1. The van der Waals surface area contributed by atoms with Gasteiger partial charge in [0.2, 0.25) is 0 Å². The molecule has 0 atom stereocenters. The van der Waals surface area contributed by atoms with Gasteiger partial charge in [0.25, 0.3) is 5.91 Å². The highest BCUT2D eigenvalue weighted by molar-refractivity contribution is 8.27. The summed E-state index contributed by atoms with van der Waals surface area (Å²) in [5.74, 6) is -0.0662. The molecule has 0 N–H and O–H groups in total. The van der Waals surface area contributed by atoms with Crippen molar-refractivity contribution in [1.82, 2.24) is 4.57 Å². The second kappa shape index (κ2) is 8.05. The first kappa shape index (κ1) is 19.7. The van der Waals surface area contributed by atoms with Crippen molar-refractivity contribution < 1.29 is 4.79 Å². The quantitative estimate of drug-likeness (QED) is 0.406. The highest BCUT2D eigenvalue weighted by Crippen LogP contribution is 2.37. The number of rotatable bonds is 5. The van der Waals surface area contributed by atoms with E-state index in [1.807, 2.05) is 37.4 Å². The minimum absolute atomic E-state index is 0.0662. The fraction of sp³-hybridized carbons (Fsp3) is 0.217. The summed E-state index contributed by atoms with van der Waals surface area (Å²) >= 11 is 6.89. The van der Waals surface area contributed by atoms with Gasteiger partial charge in [0.1, 0.15) is 0 Å². The smallest absolute Gasteiger partial charge is 0.270 e. The van der Waals surface area contributed by atoms with Crippen LogP contribution in [0.1, 0.15) is 19.4 Å². The van der Waals surface area contributed by atoms with E-state index in [1.165, 1.54) is 11.8 Å². The Morgan fingerprint density at radius 1 is 1.07 bits per heavy atom. The van der Waals surface area contributed by atoms with Crippen LogP contribution in [0.5, 0.6) is 0 Å². The summed E-state index contributed by atoms with van der Waals surface area (Å²) in [6, 6.07) is 16.2. The lowest BCUT2D eigenvalue weighted by Crippen LogP contribution is -2.27. The molecule has 3 aromatic rings. The Hall–Kier alpha value is -2.57. The Balaban J connectivity index is 1.64. The van der Waals surface area contributed by atoms with Crippen molar-refractivity contribution in [2.75, 3.05) is 22.9 Å². The molecular weight excluding hydrogens is 398 g/mol. The fourth-order valence-electron chi connectivity index (χ4n) is 3.72. The number of carbonyl (C=O) groups is 1. The topological polar surface area (TPSA) is 28.5 Å². The van der Waals surface area contributed by atoms with Gasteiger partial charge in [0, 0.05) is 48.5 Å². The summed E-state index contributed by atoms with van der Waals surface area (Å²) in [4.78, 5) is 17.7. The zero-order valence-electron chi connectivity index (χ0n) is 16.8. The van der Waals surface area contributed by atoms with Crippen LogP contribution in [-0.2, 0) is 11.8 Å². The van der Waals surface area contributed by atoms with Crippen molar-refractivity contribution in [1.29, 1.82) is 0 Å². The molecule has 0 aliphatic carbocycles. The number of nitrogens with zero attached hydrogens (tertiary/aromatic N) is 3. The number of carbonyl (C=O) groups excluding carboxylic acids is 1. The van der Waals surface area contributed by atoms with Crippen LogP contribution < -0.4 is 9.80 Å². The number of thiocarbonyl (C=S) groups is 1. The van der Waals surface area contributed by atoms with Gasteiger partial charge in [-0.05, 0) is 50.3 Å². The predicted octanol–water partition coefficient (Wildman–Crippen LogP) is 5.43. The van der Waals surface area contributed by atoms with Gasteiger partial charge in [0.15, 0.2) is 4.32 Å². The van der Waals surface area contributed by atoms with Gasteiger partial charge in [-0.15, -0.1) is 0 Å². The van der Waals surface area contributed by atoms with Crippen LogP contribution in [0.2, 0.25) is 0 Å². The molecule has 1 amide bonds. The number of fused-ring (bicyclic) bond motifs is 1. The lowest BCUT2D eigenvalue weighted by Gasteiger charge is -2.22. The van der Waals surface area contributed by atoms with Crippen molar-refractivity contribution in [3.05, 3.63) is 65.2 Å². The molecule has 2 aromatic carbocycles. The molecule has 4 nitrogen and oxygen atoms in total. The molecule has 0 unspecified atom stereocenters. The summed E-state index contributed by atoms with van der Waals surface area (Å²) in [7, 11) is 2.02. The van der Waals surface area contributed by atoms with Crippen LogP contribution in [0.4, 0.5) is 11.4 Å². The van der Waals surface area contributed by atoms with Crippen molar-refractivity contribution in [3.8, 4) is 0 Å². The van der Waals surface area contributed by atoms with Crippen LogP contribution in [0.15, 0.2) is 59.6 Å². The lowest BCUT2D eigenvalue weighted by atomic mass is 10.1. The number of benzene rings is 2. The van der Waals surface area contributed by atoms with E-state index < -0.39 is 0 Å². The molecule has 0 radical (unpaired) electrons. The van der Waals surface area contributed by atoms with Crippen LogP contribution >= 0.6 is 24.0 Å². The Morgan fingerprint density at radius 2 is 1.76 bits per heavy atom. The van der Waals surface area contributed by atoms with E-state index in [0.717, 1.165) is 40.9 Å². The molecule has 29 heavy (non-hydrogen) atoms. The number of hydrogen-bond donors (Lipinski definition) is 0. The normalized spacial score (nSPS) is 15.7. The Morgan fingerprint density at radius 3 is 2.45 bits per heavy atom. The van der Waals surface area contributed by atoms with Crippen LogP contribution in [-0.4, -0.2) is 27.9 Å². The first-order valence-corrected chi connectivity index (χ1v) is 10.9. The number of amides is 1. The molecule has 1 saturated heterocycles. The molecule has 2 heterocycles. The van der Waals surface area contributed by atoms with E-state index in [4.69, 9.17) is 12.2 Å². The third kappa shape index (κ3) is 3.58. The second-order valence-corrected chi connectivity index (χ2v) is 8.59. The van der Waals surface area contributed by atoms with Crippen LogP contribution in [0.3, 0.4) is 0 Å². The van der Waals surface area contributed by atoms with Crippen molar-refractivity contribution in [2.24, 2.45) is 7.05 Å². The molecule has 0 spiro atoms. The maximum atomic E-state index is 13.1. The molecule has 0 saturated carbocycles. The lowest BCUT2D eigenvalue weighted by molar-refractivity contribution is -0.113. The summed E-state index contributed by atoms with van der Waals surface area (Å²) in [5.41, 5.74) is 4.13. The van der Waals surface area contributed by atoms with E-state index in [9.17, 15) is 4.79 Å². The molecule has 0 bridgehead atoms. The molecule has 1 fully saturated rings. The van der Waals surface area contributed by atoms with Gasteiger partial charge in [0.05, 0.1) is 10.6 Å². The number of anilines is 2. The molecule has 1 aliphatic heterocycles. The van der Waals surface area contributed by atoms with Gasteiger partial charge in [-0.1, -0.05) is 42.2 Å². The maximum absolute atomic E-state index is 13.1. The van der Waals surface area contributed by atoms with Gasteiger partial charge < -0.3 is 9.47 Å². The van der Waals surface area contributed by atoms with E-state index in [-0.39, 0.29) is 5.91 Å². The molecule has 1 aromatic heterocycles. The van der Waals surface area contributed by atoms with E-state index in [2.05, 4.69) is 53.8 Å². The minimum atomic E-state index is -0.0662. The minimum Gasteiger partial charge on any atom is -0.372 e. The Kier molecular flexibility index (Phi) is 5.48. The standard InChI is InChI=1S/C23H23N3OS2/c1-4-25(5-2)17-10-12-18(13-11-17)26-22(27)21(29-23(26)28)14-16-15-24(3)20-9-7-6-8-19(16)20/h6-15H,4-5H2,1-3H3/b21-14-. The van der Waals surface area contributed by atoms with Crippen molar-refractivity contribution in [2.45, 2.75) is 13.8 Å². The molecule has 4 rings (SSSR count). The monoisotopic (exact) mass is 421 g/mol. The van der Waals surface area contributed by atoms with Gasteiger partial charge in [-0.2, -0.15) is 0 Å². The number of aryl methyl sites for hydroxylation is 1. The van der Waals surface area contributed by atoms with Crippen molar-refractivity contribution in [3.63, 3.8) is 0 Å². The van der Waals surface area contributed by atoms with E-state index in [0.29, 0.717) is 9.23 Å². The molecule has 1 aliphatic rings. The number of hydrogen-bond acceptors (Lipinski definition) is 4. The molecule has 148 valence electrons. The third-order valence-corrected chi connectivity index (χ3v) is 6.55. The Labute approximate surface area is 180 Å². The van der Waals surface area contributed by atoms with Crippen LogP contribution in [0, 0.1) is 0 Å². The number of thioether (sulfide) groups is 1. The van der Waals surface area contributed by atoms with Gasteiger partial charge >= 0.3 is 0 Å². The van der Waals surface area contributed by atoms with E-state index in [1.54, 1.807) is 4.90 Å². The van der Waals surface area contributed by atoms with Crippen molar-refractivity contribution >= 4 is 62.6 Å². The van der Waals surface area contributed by atoms with Gasteiger partial charge in [-0.25, -0.2) is 0 Å². The number of aromatic nitrogens is 1. The summed E-state index contributed by atoms with van der Waals surface area (Å²) < 4.78 is 2.64. The summed E-state index contributed by atoms with van der Waals surface area (Å²) in [5, 5.41) is 1.13. The Bertz CT molecular complexity index is 1110. The second-order valence-electron chi connectivity index (χ2n) is 6.92. The highest BCUT2D eigenvalue weighted by atomic mass is 32.2. The third-order valence-electron chi connectivity index (χ3n) is 5.24. The van der Waals surface area contributed by atoms with E-state index >= 15 is 0 Å².